The first-order chi connectivity index (χ1) is 15.7. The number of rotatable bonds is 9. The van der Waals surface area contributed by atoms with E-state index in [1.54, 1.807) is 32.1 Å². The zero-order valence-electron chi connectivity index (χ0n) is 18.9. The number of carbonyl (C=O) groups is 1. The largest absolute Gasteiger partial charge is 0.407 e. The summed E-state index contributed by atoms with van der Waals surface area (Å²) in [6.45, 7) is 6.52. The molecule has 0 spiro atoms. The highest BCUT2D eigenvalue weighted by Crippen LogP contribution is 2.34. The van der Waals surface area contributed by atoms with E-state index >= 15 is 0 Å². The maximum absolute atomic E-state index is 13.5. The van der Waals surface area contributed by atoms with E-state index in [1.807, 2.05) is 11.6 Å². The predicted octanol–water partition coefficient (Wildman–Crippen LogP) is 4.60. The molecule has 1 fully saturated rings. The van der Waals surface area contributed by atoms with Gasteiger partial charge in [0.1, 0.15) is 6.04 Å². The normalized spacial score (nSPS) is 18.0. The average molecular weight is 466 g/mol. The van der Waals surface area contributed by atoms with Gasteiger partial charge in [-0.05, 0) is 43.5 Å². The summed E-state index contributed by atoms with van der Waals surface area (Å²) >= 11 is 0. The van der Waals surface area contributed by atoms with E-state index < -0.39 is 12.2 Å². The number of amides is 1. The minimum atomic E-state index is -4.40. The van der Waals surface area contributed by atoms with Gasteiger partial charge in [0.25, 0.3) is 0 Å². The van der Waals surface area contributed by atoms with Gasteiger partial charge in [-0.2, -0.15) is 18.3 Å². The number of aromatic nitrogens is 2. The lowest BCUT2D eigenvalue weighted by molar-refractivity contribution is -0.159. The summed E-state index contributed by atoms with van der Waals surface area (Å²) in [6.07, 6.45) is 1.33. The van der Waals surface area contributed by atoms with Crippen LogP contribution >= 0.6 is 0 Å². The van der Waals surface area contributed by atoms with Crippen LogP contribution in [0, 0.1) is 6.92 Å². The molecule has 2 unspecified atom stereocenters. The SMILES string of the molecule is Cc1c(Nc2ccc(C(NC(C)C)C(F)(F)F)cc2)nn(C2CCCOC2)c1/C=C\NC=O. The Bertz CT molecular complexity index is 948. The summed E-state index contributed by atoms with van der Waals surface area (Å²) in [5.74, 6) is 0.590. The lowest BCUT2D eigenvalue weighted by Crippen LogP contribution is -2.38. The van der Waals surface area contributed by atoms with Crippen molar-refractivity contribution >= 4 is 24.0 Å². The van der Waals surface area contributed by atoms with Crippen LogP contribution in [0.3, 0.4) is 0 Å². The molecule has 1 aliphatic heterocycles. The van der Waals surface area contributed by atoms with Crippen LogP contribution < -0.4 is 16.0 Å². The number of nitrogens with one attached hydrogen (secondary N) is 3. The van der Waals surface area contributed by atoms with Gasteiger partial charge >= 0.3 is 6.18 Å². The minimum absolute atomic E-state index is 0.0564. The number of alkyl halides is 3. The van der Waals surface area contributed by atoms with Gasteiger partial charge in [0, 0.05) is 30.1 Å². The number of anilines is 2. The molecule has 1 aromatic carbocycles. The van der Waals surface area contributed by atoms with Gasteiger partial charge in [-0.15, -0.1) is 0 Å². The van der Waals surface area contributed by atoms with Crippen LogP contribution in [0.2, 0.25) is 0 Å². The van der Waals surface area contributed by atoms with E-state index in [0.29, 0.717) is 24.5 Å². The van der Waals surface area contributed by atoms with Crippen LogP contribution in [0.25, 0.3) is 6.08 Å². The second-order valence-corrected chi connectivity index (χ2v) is 8.34. The van der Waals surface area contributed by atoms with Crippen LogP contribution in [0.4, 0.5) is 24.7 Å². The molecule has 10 heteroatoms. The topological polar surface area (TPSA) is 80.2 Å². The predicted molar refractivity (Wildman–Crippen MR) is 121 cm³/mol. The first-order valence-electron chi connectivity index (χ1n) is 10.9. The molecule has 0 aliphatic carbocycles. The van der Waals surface area contributed by atoms with Gasteiger partial charge in [0.15, 0.2) is 5.82 Å². The maximum atomic E-state index is 13.5. The smallest absolute Gasteiger partial charge is 0.379 e. The van der Waals surface area contributed by atoms with E-state index in [9.17, 15) is 18.0 Å². The van der Waals surface area contributed by atoms with Crippen molar-refractivity contribution < 1.29 is 22.7 Å². The minimum Gasteiger partial charge on any atom is -0.379 e. The molecule has 1 aromatic heterocycles. The molecular formula is C23H30F3N5O2. The molecule has 2 atom stereocenters. The van der Waals surface area contributed by atoms with E-state index in [0.717, 1.165) is 30.7 Å². The van der Waals surface area contributed by atoms with Crippen molar-refractivity contribution in [2.75, 3.05) is 18.5 Å². The van der Waals surface area contributed by atoms with Crippen LogP contribution in [0.1, 0.15) is 55.6 Å². The number of halogens is 3. The zero-order valence-corrected chi connectivity index (χ0v) is 18.9. The molecule has 180 valence electrons. The molecule has 2 aromatic rings. The van der Waals surface area contributed by atoms with Gasteiger partial charge < -0.3 is 20.7 Å². The molecule has 1 amide bonds. The Morgan fingerprint density at radius 3 is 2.55 bits per heavy atom. The number of ether oxygens (including phenoxy) is 1. The highest BCUT2D eigenvalue weighted by molar-refractivity contribution is 5.66. The Hall–Kier alpha value is -2.85. The molecular weight excluding hydrogens is 435 g/mol. The van der Waals surface area contributed by atoms with Crippen molar-refractivity contribution in [1.29, 1.82) is 0 Å². The van der Waals surface area contributed by atoms with E-state index in [-0.39, 0.29) is 17.6 Å². The maximum Gasteiger partial charge on any atom is 0.407 e. The van der Waals surface area contributed by atoms with Crippen molar-refractivity contribution in [3.63, 3.8) is 0 Å². The second kappa shape index (κ2) is 10.8. The Kier molecular flexibility index (Phi) is 8.15. The fourth-order valence-corrected chi connectivity index (χ4v) is 3.82. The van der Waals surface area contributed by atoms with Crippen LogP contribution in [0.5, 0.6) is 0 Å². The molecule has 1 saturated heterocycles. The van der Waals surface area contributed by atoms with Crippen LogP contribution in [0.15, 0.2) is 30.5 Å². The van der Waals surface area contributed by atoms with E-state index in [4.69, 9.17) is 9.84 Å². The Balaban J connectivity index is 1.85. The lowest BCUT2D eigenvalue weighted by Gasteiger charge is -2.24. The number of benzene rings is 1. The third kappa shape index (κ3) is 6.35. The monoisotopic (exact) mass is 465 g/mol. The Morgan fingerprint density at radius 1 is 1.24 bits per heavy atom. The summed E-state index contributed by atoms with van der Waals surface area (Å²) < 4.78 is 47.9. The van der Waals surface area contributed by atoms with Crippen molar-refractivity contribution in [3.8, 4) is 0 Å². The molecule has 7 nitrogen and oxygen atoms in total. The molecule has 1 aliphatic rings. The van der Waals surface area contributed by atoms with Crippen molar-refractivity contribution in [1.82, 2.24) is 20.4 Å². The molecule has 2 heterocycles. The van der Waals surface area contributed by atoms with Crippen molar-refractivity contribution in [2.45, 2.75) is 57.9 Å². The molecule has 33 heavy (non-hydrogen) atoms. The Morgan fingerprint density at radius 2 is 1.97 bits per heavy atom. The highest BCUT2D eigenvalue weighted by atomic mass is 19.4. The van der Waals surface area contributed by atoms with Crippen molar-refractivity contribution in [2.24, 2.45) is 0 Å². The van der Waals surface area contributed by atoms with E-state index in [1.165, 1.54) is 18.3 Å². The van der Waals surface area contributed by atoms with Gasteiger partial charge in [0.2, 0.25) is 6.41 Å². The number of nitrogens with zero attached hydrogens (tertiary/aromatic N) is 2. The molecule has 3 rings (SSSR count). The standard InChI is InChI=1S/C23H30F3N5O2/c1-15(2)28-21(23(24,25)26)17-6-8-18(9-7-17)29-22-16(3)20(10-11-27-14-32)31(30-22)19-5-4-12-33-13-19/h6-11,14-15,19,21,28H,4-5,12-13H2,1-3H3,(H,27,32)(H,29,30)/b11-10-. The summed E-state index contributed by atoms with van der Waals surface area (Å²) in [4.78, 5) is 10.6. The molecule has 0 radical (unpaired) electrons. The zero-order chi connectivity index (χ0) is 24.0. The average Bonchev–Trinajstić information content (AvgIpc) is 3.08. The van der Waals surface area contributed by atoms with Gasteiger partial charge in [-0.25, -0.2) is 0 Å². The van der Waals surface area contributed by atoms with Gasteiger partial charge in [-0.3, -0.25) is 9.48 Å². The summed E-state index contributed by atoms with van der Waals surface area (Å²) in [5.41, 5.74) is 2.44. The summed E-state index contributed by atoms with van der Waals surface area (Å²) in [5, 5.41) is 13.0. The number of hydrogen-bond donors (Lipinski definition) is 3. The fraction of sp³-hybridized carbons (Fsp3) is 0.478. The number of carbonyl (C=O) groups excluding carboxylic acids is 1. The summed E-state index contributed by atoms with van der Waals surface area (Å²) in [6, 6.07) is 4.16. The molecule has 0 bridgehead atoms. The first kappa shape index (κ1) is 24.8. The third-order valence-corrected chi connectivity index (χ3v) is 5.42. The van der Waals surface area contributed by atoms with E-state index in [2.05, 4.69) is 16.0 Å². The Labute approximate surface area is 191 Å². The lowest BCUT2D eigenvalue weighted by atomic mass is 10.0. The fourth-order valence-electron chi connectivity index (χ4n) is 3.82. The molecule has 3 N–H and O–H groups in total. The quantitative estimate of drug-likeness (QED) is 0.472. The van der Waals surface area contributed by atoms with Gasteiger partial charge in [-0.1, -0.05) is 26.0 Å². The van der Waals surface area contributed by atoms with Gasteiger partial charge in [0.05, 0.1) is 18.3 Å². The number of hydrogen-bond acceptors (Lipinski definition) is 5. The van der Waals surface area contributed by atoms with Crippen LogP contribution in [-0.4, -0.2) is 41.6 Å². The van der Waals surface area contributed by atoms with Crippen molar-refractivity contribution in [3.05, 3.63) is 47.3 Å². The first-order valence-corrected chi connectivity index (χ1v) is 10.9. The third-order valence-electron chi connectivity index (χ3n) is 5.42. The highest BCUT2D eigenvalue weighted by Gasteiger charge is 2.40. The molecule has 0 saturated carbocycles. The second-order valence-electron chi connectivity index (χ2n) is 8.34. The summed E-state index contributed by atoms with van der Waals surface area (Å²) in [7, 11) is 0. The van der Waals surface area contributed by atoms with Crippen LogP contribution in [-0.2, 0) is 9.53 Å².